The number of carbonyl (C=O) groups excluding carboxylic acids is 3. The van der Waals surface area contributed by atoms with E-state index in [1.807, 2.05) is 33.8 Å². The zero-order valence-corrected chi connectivity index (χ0v) is 27.2. The maximum Gasteiger partial charge on any atom is 0.334 e. The molecule has 3 aliphatic rings. The Balaban J connectivity index is 1.30. The number of nitrogens with zero attached hydrogens (tertiary/aromatic N) is 3. The van der Waals surface area contributed by atoms with Crippen molar-refractivity contribution in [3.05, 3.63) is 69.2 Å². The van der Waals surface area contributed by atoms with Crippen molar-refractivity contribution in [1.82, 2.24) is 19.8 Å². The van der Waals surface area contributed by atoms with Crippen molar-refractivity contribution in [3.63, 3.8) is 0 Å². The Morgan fingerprint density at radius 3 is 2.68 bits per heavy atom. The molecule has 0 aliphatic carbocycles. The highest BCUT2D eigenvalue weighted by atomic mass is 16.5. The zero-order valence-electron chi connectivity index (χ0n) is 27.2. The van der Waals surface area contributed by atoms with Gasteiger partial charge in [-0.2, -0.15) is 0 Å². The van der Waals surface area contributed by atoms with Crippen molar-refractivity contribution >= 4 is 28.7 Å². The molecular weight excluding hydrogens is 602 g/mol. The van der Waals surface area contributed by atoms with E-state index in [2.05, 4.69) is 11.9 Å². The second kappa shape index (κ2) is 12.2. The van der Waals surface area contributed by atoms with Gasteiger partial charge in [0.2, 0.25) is 11.8 Å². The molecule has 12 nitrogen and oxygen atoms in total. The number of aryl methyl sites for hydroxylation is 1. The number of aliphatic hydroxyl groups is 1. The van der Waals surface area contributed by atoms with Crippen molar-refractivity contribution in [2.24, 2.45) is 11.7 Å². The molecule has 248 valence electrons. The number of pyridine rings is 2. The summed E-state index contributed by atoms with van der Waals surface area (Å²) in [6.45, 7) is 12.0. The van der Waals surface area contributed by atoms with Crippen molar-refractivity contribution < 1.29 is 29.0 Å². The molecular formula is C35H41N5O7. The number of hydrogen-bond acceptors (Lipinski definition) is 9. The Hall–Kier alpha value is -4.55. The molecule has 4 N–H and O–H groups in total. The topological polar surface area (TPSA) is 166 Å². The number of benzene rings is 1. The normalized spacial score (nSPS) is 20.4. The first-order chi connectivity index (χ1) is 22.4. The predicted molar refractivity (Wildman–Crippen MR) is 174 cm³/mol. The molecule has 3 aliphatic heterocycles. The number of nitrogens with two attached hydrogens (primary N) is 1. The van der Waals surface area contributed by atoms with Crippen molar-refractivity contribution in [1.29, 1.82) is 0 Å². The summed E-state index contributed by atoms with van der Waals surface area (Å²) in [4.78, 5) is 59.0. The fraction of sp³-hybridized carbons (Fsp3) is 0.457. The van der Waals surface area contributed by atoms with Crippen LogP contribution in [-0.2, 0) is 44.3 Å². The highest BCUT2D eigenvalue weighted by Crippen LogP contribution is 2.43. The summed E-state index contributed by atoms with van der Waals surface area (Å²) in [5, 5.41) is 15.0. The smallest absolute Gasteiger partial charge is 0.334 e. The number of esters is 1. The average molecular weight is 644 g/mol. The van der Waals surface area contributed by atoms with Gasteiger partial charge in [0.25, 0.3) is 5.56 Å². The van der Waals surface area contributed by atoms with Gasteiger partial charge in [0, 0.05) is 23.1 Å². The second-order valence-corrected chi connectivity index (χ2v) is 12.8. The summed E-state index contributed by atoms with van der Waals surface area (Å²) in [5.41, 5.74) is 8.56. The van der Waals surface area contributed by atoms with Crippen LogP contribution >= 0.6 is 0 Å². The lowest BCUT2D eigenvalue weighted by Gasteiger charge is -2.35. The molecule has 1 aromatic carbocycles. The van der Waals surface area contributed by atoms with Gasteiger partial charge in [-0.15, -0.1) is 0 Å². The molecule has 1 saturated heterocycles. The molecule has 2 amide bonds. The zero-order chi connectivity index (χ0) is 33.8. The number of amides is 2. The molecule has 1 fully saturated rings. The second-order valence-electron chi connectivity index (χ2n) is 12.8. The summed E-state index contributed by atoms with van der Waals surface area (Å²) in [5.74, 6) is -1.09. The van der Waals surface area contributed by atoms with Gasteiger partial charge in [0.05, 0.1) is 35.6 Å². The molecule has 6 rings (SSSR count). The van der Waals surface area contributed by atoms with Gasteiger partial charge in [0.1, 0.15) is 35.8 Å². The fourth-order valence-electron chi connectivity index (χ4n) is 7.10. The van der Waals surface area contributed by atoms with Crippen LogP contribution < -0.4 is 21.3 Å². The molecule has 47 heavy (non-hydrogen) atoms. The lowest BCUT2D eigenvalue weighted by Crippen LogP contribution is -2.54. The van der Waals surface area contributed by atoms with Crippen LogP contribution in [0.3, 0.4) is 0 Å². The van der Waals surface area contributed by atoms with Crippen LogP contribution in [-0.4, -0.2) is 62.5 Å². The highest BCUT2D eigenvalue weighted by molar-refractivity contribution is 5.93. The molecule has 3 atom stereocenters. The molecule has 0 saturated carbocycles. The molecule has 12 heteroatoms. The standard InChI is InChI=1S/C35H41N5O7/c1-6-21-22-13-20(47-34(44)30(18(3)4)38-32(42)27-9-8-12-39(27)29(41)15-36)10-11-26(22)37-31-23(21)16-40-28(31)14-25-24(33(40)43)17-46-19(5)35(25,45)7-2/h10-11,13-14,18,27,30,45H,5-9,12,15-17,36H2,1-4H3,(H,38,42)/t27-,30?,35+/m0/s1. The first kappa shape index (κ1) is 32.4. The number of carbonyl (C=O) groups is 3. The van der Waals surface area contributed by atoms with Gasteiger partial charge in [-0.3, -0.25) is 14.4 Å². The molecule has 0 radical (unpaired) electrons. The maximum atomic E-state index is 13.7. The van der Waals surface area contributed by atoms with E-state index in [0.717, 1.165) is 16.5 Å². The summed E-state index contributed by atoms with van der Waals surface area (Å²) in [7, 11) is 0. The molecule has 0 bridgehead atoms. The predicted octanol–water partition coefficient (Wildman–Crippen LogP) is 2.63. The van der Waals surface area contributed by atoms with Crippen LogP contribution in [0.4, 0.5) is 0 Å². The highest BCUT2D eigenvalue weighted by Gasteiger charge is 2.42. The Kier molecular flexibility index (Phi) is 8.43. The average Bonchev–Trinajstić information content (AvgIpc) is 3.69. The number of fused-ring (bicyclic) bond motifs is 5. The van der Waals surface area contributed by atoms with Gasteiger partial charge in [0.15, 0.2) is 0 Å². The van der Waals surface area contributed by atoms with Crippen molar-refractivity contribution in [2.45, 2.75) is 84.2 Å². The van der Waals surface area contributed by atoms with E-state index < -0.39 is 29.6 Å². The number of rotatable bonds is 8. The number of nitrogens with one attached hydrogen (secondary N) is 1. The minimum atomic E-state index is -1.47. The quantitative estimate of drug-likeness (QED) is 0.193. The monoisotopic (exact) mass is 643 g/mol. The fourth-order valence-corrected chi connectivity index (χ4v) is 7.10. The van der Waals surface area contributed by atoms with Gasteiger partial charge in [-0.25, -0.2) is 9.78 Å². The minimum Gasteiger partial charge on any atom is -0.490 e. The van der Waals surface area contributed by atoms with Crippen LogP contribution in [0.5, 0.6) is 5.75 Å². The van der Waals surface area contributed by atoms with Gasteiger partial charge < -0.3 is 35.1 Å². The van der Waals surface area contributed by atoms with Crippen LogP contribution in [0.2, 0.25) is 0 Å². The SMILES string of the molecule is C=C1OCc2c(cc3n(c2=O)Cc2c-3nc3ccc(OC(=O)C(NC(=O)[C@@H]4CCCN4C(=O)CN)C(C)C)cc3c2CC)[C@@]1(O)CC. The Labute approximate surface area is 272 Å². The van der Waals surface area contributed by atoms with Gasteiger partial charge >= 0.3 is 5.97 Å². The molecule has 3 aromatic rings. The van der Waals surface area contributed by atoms with E-state index in [1.54, 1.807) is 22.8 Å². The molecule has 0 spiro atoms. The van der Waals surface area contributed by atoms with E-state index in [-0.39, 0.29) is 36.3 Å². The van der Waals surface area contributed by atoms with Gasteiger partial charge in [-0.1, -0.05) is 34.3 Å². The third-order valence-corrected chi connectivity index (χ3v) is 9.78. The van der Waals surface area contributed by atoms with E-state index >= 15 is 0 Å². The molecule has 2 aromatic heterocycles. The maximum absolute atomic E-state index is 13.7. The summed E-state index contributed by atoms with van der Waals surface area (Å²) < 4.78 is 13.1. The number of likely N-dealkylation sites (tertiary alicyclic amines) is 1. The van der Waals surface area contributed by atoms with E-state index in [0.29, 0.717) is 72.6 Å². The summed E-state index contributed by atoms with van der Waals surface area (Å²) in [6.07, 6.45) is 2.11. The van der Waals surface area contributed by atoms with Crippen LogP contribution in [0.15, 0.2) is 41.4 Å². The van der Waals surface area contributed by atoms with Crippen LogP contribution in [0.25, 0.3) is 22.3 Å². The Morgan fingerprint density at radius 1 is 1.23 bits per heavy atom. The first-order valence-electron chi connectivity index (χ1n) is 16.2. The van der Waals surface area contributed by atoms with Crippen molar-refractivity contribution in [2.75, 3.05) is 13.1 Å². The lowest BCUT2D eigenvalue weighted by atomic mass is 9.84. The molecule has 5 heterocycles. The first-order valence-corrected chi connectivity index (χ1v) is 16.2. The van der Waals surface area contributed by atoms with Crippen molar-refractivity contribution in [3.8, 4) is 17.1 Å². The van der Waals surface area contributed by atoms with E-state index in [9.17, 15) is 24.3 Å². The third kappa shape index (κ3) is 5.29. The Morgan fingerprint density at radius 2 is 2.00 bits per heavy atom. The van der Waals surface area contributed by atoms with Gasteiger partial charge in [-0.05, 0) is 61.4 Å². The summed E-state index contributed by atoms with van der Waals surface area (Å²) >= 11 is 0. The number of ether oxygens (including phenoxy) is 2. The Bertz CT molecular complexity index is 1880. The molecule has 1 unspecified atom stereocenters. The van der Waals surface area contributed by atoms with Crippen LogP contribution in [0.1, 0.15) is 69.2 Å². The number of aromatic nitrogens is 2. The van der Waals surface area contributed by atoms with E-state index in [1.165, 1.54) is 4.90 Å². The van der Waals surface area contributed by atoms with Crippen LogP contribution in [0, 0.1) is 5.92 Å². The number of hydrogen-bond donors (Lipinski definition) is 3. The third-order valence-electron chi connectivity index (χ3n) is 9.78. The van der Waals surface area contributed by atoms with E-state index in [4.69, 9.17) is 20.2 Å². The lowest BCUT2D eigenvalue weighted by molar-refractivity contribution is -0.143. The largest absolute Gasteiger partial charge is 0.490 e. The minimum absolute atomic E-state index is 0.0409. The summed E-state index contributed by atoms with van der Waals surface area (Å²) in [6, 6.07) is 5.42.